The number of piperazine rings is 2. The largest absolute Gasteiger partial charge is 0.369 e. The number of ether oxygens (including phenoxy) is 4. The number of alkyl halides is 2. The van der Waals surface area contributed by atoms with Crippen molar-refractivity contribution in [1.82, 2.24) is 40.2 Å². The third-order valence-electron chi connectivity index (χ3n) is 16.3. The van der Waals surface area contributed by atoms with Gasteiger partial charge in [-0.15, -0.1) is 45.9 Å². The molecule has 81 heavy (non-hydrogen) atoms. The molecule has 6 aliphatic rings. The number of hydrogen-bond donors (Lipinski definition) is 2. The fraction of sp³-hybridized carbons (Fsp3) is 0.603. The van der Waals surface area contributed by atoms with Crippen LogP contribution in [0.4, 0.5) is 10.3 Å². The number of hydrogen-bond acceptors (Lipinski definition) is 17. The summed E-state index contributed by atoms with van der Waals surface area (Å²) < 4.78 is 22.8. The Balaban J connectivity index is 0.000000196. The number of halogens is 2. The monoisotopic (exact) mass is 1190 g/mol. The molecule has 0 spiro atoms. The molecule has 0 saturated carbocycles. The molecule has 440 valence electrons. The van der Waals surface area contributed by atoms with E-state index in [0.29, 0.717) is 24.0 Å². The van der Waals surface area contributed by atoms with Crippen LogP contribution in [0.3, 0.4) is 0 Å². The Kier molecular flexibility index (Phi) is 19.5. The molecular weight excluding hydrogens is 1120 g/mol. The van der Waals surface area contributed by atoms with E-state index in [9.17, 15) is 24.0 Å². The number of fused-ring (bicyclic) bond motifs is 2. The molecular formula is C58H78Cl2N10O9S2. The van der Waals surface area contributed by atoms with Crippen molar-refractivity contribution in [3.63, 3.8) is 0 Å². The van der Waals surface area contributed by atoms with Gasteiger partial charge in [0.1, 0.15) is 49.6 Å². The highest BCUT2D eigenvalue weighted by molar-refractivity contribution is 7.16. The van der Waals surface area contributed by atoms with Gasteiger partial charge < -0.3 is 59.0 Å². The SMILES string of the molecule is COC1(OC)CO[C@@H]2[C@H](Cl)CN(C(=O)[C@H](CC(C)C)NC(=O)c3ccc(-c4nc(N5CCN(C)CC5)sc4C)cc3)[C@@H]21.Cc1sc(N2CCN(C)CC2)nc1-c1ccc(C(=O)N[C@@H](CC(C)C)C(=O)N2C[C@@H](Cl)[C@H]3OCC(=O)[C@H]32)cc1. The molecule has 0 unspecified atom stereocenters. The van der Waals surface area contributed by atoms with Gasteiger partial charge >= 0.3 is 0 Å². The summed E-state index contributed by atoms with van der Waals surface area (Å²) >= 11 is 16.4. The number of carbonyl (C=O) groups excluding carboxylic acids is 5. The Morgan fingerprint density at radius 1 is 0.654 bits per heavy atom. The van der Waals surface area contributed by atoms with E-state index in [1.807, 2.05) is 52.0 Å². The molecule has 6 fully saturated rings. The van der Waals surface area contributed by atoms with Crippen molar-refractivity contribution in [3.8, 4) is 22.5 Å². The van der Waals surface area contributed by atoms with Crippen LogP contribution in [0.25, 0.3) is 22.5 Å². The van der Waals surface area contributed by atoms with E-state index in [2.05, 4.69) is 58.2 Å². The minimum absolute atomic E-state index is 0.0365. The summed E-state index contributed by atoms with van der Waals surface area (Å²) in [5.74, 6) is -2.07. The maximum Gasteiger partial charge on any atom is 0.251 e. The van der Waals surface area contributed by atoms with Gasteiger partial charge in [-0.1, -0.05) is 52.0 Å². The predicted molar refractivity (Wildman–Crippen MR) is 317 cm³/mol. The second-order valence-corrected chi connectivity index (χ2v) is 26.5. The summed E-state index contributed by atoms with van der Waals surface area (Å²) in [6.45, 7) is 20.8. The standard InChI is InChI=1S/C30H42ClN5O5S.C28H36ClN5O4S/c1-18(2)15-23(28(38)36-16-22(31)25-26(36)30(39-5,40-6)17-41-25)32-27(37)21-9-7-20(8-10-21)24-19(3)42-29(33-24)35-13-11-34(4)12-14-35;1-16(2)13-21(27(37)34-14-20(29)25-24(34)22(35)15-38-25)30-26(36)19-7-5-18(6-8-19)23-17(3)39-28(31-23)33-11-9-32(4)10-12-33/h7-10,18,22-23,25-26H,11-17H2,1-6H3,(H,32,37);5-8,16,20-21,24-25H,9-15H2,1-4H3,(H,30,36)/t22-,23+,25-,26+;20-,21+,24-,25-/m11/s1. The van der Waals surface area contributed by atoms with Crippen LogP contribution >= 0.6 is 45.9 Å². The van der Waals surface area contributed by atoms with Crippen LogP contribution < -0.4 is 20.4 Å². The van der Waals surface area contributed by atoms with Crippen molar-refractivity contribution in [2.75, 3.05) is 117 Å². The van der Waals surface area contributed by atoms with Gasteiger partial charge in [0.05, 0.1) is 22.1 Å². The molecule has 4 amide bonds. The lowest BCUT2D eigenvalue weighted by atomic mass is 10.00. The van der Waals surface area contributed by atoms with Gasteiger partial charge in [0.2, 0.25) is 17.6 Å². The third-order valence-corrected chi connectivity index (χ3v) is 19.1. The van der Waals surface area contributed by atoms with Crippen LogP contribution in [0, 0.1) is 25.7 Å². The molecule has 0 radical (unpaired) electrons. The zero-order chi connectivity index (χ0) is 58.0. The number of amides is 4. The molecule has 6 aliphatic heterocycles. The average molecular weight is 1190 g/mol. The number of aryl methyl sites for hydroxylation is 2. The number of nitrogens with zero attached hydrogens (tertiary/aromatic N) is 8. The molecule has 23 heteroatoms. The van der Waals surface area contributed by atoms with E-state index >= 15 is 0 Å². The zero-order valence-corrected chi connectivity index (χ0v) is 51.3. The van der Waals surface area contributed by atoms with E-state index in [1.54, 1.807) is 51.8 Å². The van der Waals surface area contributed by atoms with Gasteiger partial charge in [-0.3, -0.25) is 24.0 Å². The number of ketones is 1. The summed E-state index contributed by atoms with van der Waals surface area (Å²) in [5.41, 5.74) is 4.72. The molecule has 19 nitrogen and oxygen atoms in total. The second kappa shape index (κ2) is 26.0. The van der Waals surface area contributed by atoms with Crippen molar-refractivity contribution in [2.45, 2.75) is 107 Å². The minimum atomic E-state index is -1.11. The minimum Gasteiger partial charge on any atom is -0.369 e. The molecule has 2 aromatic carbocycles. The van der Waals surface area contributed by atoms with E-state index < -0.39 is 52.9 Å². The molecule has 2 N–H and O–H groups in total. The number of nitrogens with one attached hydrogen (secondary N) is 2. The van der Waals surface area contributed by atoms with Crippen molar-refractivity contribution in [1.29, 1.82) is 0 Å². The van der Waals surface area contributed by atoms with Crippen molar-refractivity contribution in [3.05, 3.63) is 69.4 Å². The quantitative estimate of drug-likeness (QED) is 0.0977. The summed E-state index contributed by atoms with van der Waals surface area (Å²) in [7, 11) is 7.35. The lowest BCUT2D eigenvalue weighted by molar-refractivity contribution is -0.227. The number of thiazole rings is 2. The van der Waals surface area contributed by atoms with Gasteiger partial charge in [0.15, 0.2) is 16.0 Å². The van der Waals surface area contributed by atoms with Gasteiger partial charge in [-0.25, -0.2) is 9.97 Å². The van der Waals surface area contributed by atoms with Gasteiger partial charge in [0, 0.05) is 112 Å². The van der Waals surface area contributed by atoms with Gasteiger partial charge in [-0.2, -0.15) is 0 Å². The zero-order valence-electron chi connectivity index (χ0n) is 48.1. The topological polar surface area (TPSA) is 192 Å². The average Bonchev–Trinajstić information content (AvgIpc) is 4.36. The molecule has 0 aliphatic carbocycles. The summed E-state index contributed by atoms with van der Waals surface area (Å²) in [6, 6.07) is 12.1. The highest BCUT2D eigenvalue weighted by Gasteiger charge is 2.62. The Labute approximate surface area is 493 Å². The maximum atomic E-state index is 14.0. The Morgan fingerprint density at radius 2 is 1.07 bits per heavy atom. The summed E-state index contributed by atoms with van der Waals surface area (Å²) in [5, 5.41) is 7.14. The van der Waals surface area contributed by atoms with Crippen LogP contribution in [0.2, 0.25) is 0 Å². The Bertz CT molecular complexity index is 2870. The first kappa shape index (κ1) is 60.8. The van der Waals surface area contributed by atoms with Crippen LogP contribution in [-0.2, 0) is 33.3 Å². The van der Waals surface area contributed by atoms with Crippen LogP contribution in [0.15, 0.2) is 48.5 Å². The normalized spacial score (nSPS) is 24.5. The third kappa shape index (κ3) is 13.3. The molecule has 0 bridgehead atoms. The second-order valence-electron chi connectivity index (χ2n) is 23.0. The molecule has 8 heterocycles. The van der Waals surface area contributed by atoms with Crippen molar-refractivity contribution < 1.29 is 42.9 Å². The number of methoxy groups -OCH3 is 2. The molecule has 10 rings (SSSR count). The van der Waals surface area contributed by atoms with E-state index in [0.717, 1.165) is 94.9 Å². The smallest absolute Gasteiger partial charge is 0.251 e. The maximum absolute atomic E-state index is 14.0. The Hall–Kier alpha value is -4.81. The Morgan fingerprint density at radius 3 is 1.51 bits per heavy atom. The fourth-order valence-electron chi connectivity index (χ4n) is 11.6. The number of rotatable bonds is 16. The van der Waals surface area contributed by atoms with Crippen molar-refractivity contribution in [2.24, 2.45) is 11.8 Å². The predicted octanol–water partition coefficient (Wildman–Crippen LogP) is 6.02. The number of anilines is 2. The van der Waals surface area contributed by atoms with Gasteiger partial charge in [0.25, 0.3) is 11.8 Å². The first-order chi connectivity index (χ1) is 38.7. The number of aromatic nitrogens is 2. The van der Waals surface area contributed by atoms with Crippen LogP contribution in [-0.4, -0.2) is 219 Å². The highest BCUT2D eigenvalue weighted by Crippen LogP contribution is 2.42. The first-order valence-electron chi connectivity index (χ1n) is 28.1. The first-order valence-corrected chi connectivity index (χ1v) is 30.6. The van der Waals surface area contributed by atoms with E-state index in [1.165, 1.54) is 19.1 Å². The molecule has 4 aromatic rings. The number of carbonyl (C=O) groups is 5. The fourth-order valence-corrected chi connectivity index (χ4v) is 14.3. The van der Waals surface area contributed by atoms with Gasteiger partial charge in [-0.05, 0) is 76.9 Å². The molecule has 8 atom stereocenters. The summed E-state index contributed by atoms with van der Waals surface area (Å²) in [6.07, 6.45) is 0.0251. The van der Waals surface area contributed by atoms with E-state index in [-0.39, 0.29) is 67.6 Å². The molecule has 6 saturated heterocycles. The number of likely N-dealkylation sites (N-methyl/N-ethyl adjacent to an activating group) is 2. The number of likely N-dealkylation sites (tertiary alicyclic amines) is 2. The number of benzene rings is 2. The summed E-state index contributed by atoms with van der Waals surface area (Å²) in [4.78, 5) is 91.2. The van der Waals surface area contributed by atoms with Crippen LogP contribution in [0.5, 0.6) is 0 Å². The lowest BCUT2D eigenvalue weighted by Crippen LogP contribution is -2.58. The molecule has 2 aromatic heterocycles. The highest BCUT2D eigenvalue weighted by atomic mass is 35.5. The van der Waals surface area contributed by atoms with E-state index in [4.69, 9.17) is 52.1 Å². The van der Waals surface area contributed by atoms with Crippen LogP contribution in [0.1, 0.15) is 71.0 Å². The van der Waals surface area contributed by atoms with Crippen molar-refractivity contribution >= 4 is 85.6 Å². The lowest BCUT2D eigenvalue weighted by Gasteiger charge is -2.37. The number of Topliss-reactive ketones (excluding diaryl/α,β-unsaturated/α-hetero) is 1.